The van der Waals surface area contributed by atoms with E-state index in [1.54, 1.807) is 6.07 Å². The topological polar surface area (TPSA) is 49.2 Å². The molecule has 0 aromatic carbocycles. The summed E-state index contributed by atoms with van der Waals surface area (Å²) >= 11 is 11.8. The molecule has 0 spiro atoms. The molecule has 1 aromatic heterocycles. The van der Waals surface area contributed by atoms with Gasteiger partial charge in [0, 0.05) is 12.6 Å². The van der Waals surface area contributed by atoms with E-state index in [9.17, 15) is 5.11 Å². The third-order valence-corrected chi connectivity index (χ3v) is 4.09. The third-order valence-electron chi connectivity index (χ3n) is 3.73. The first kappa shape index (κ1) is 13.8. The summed E-state index contributed by atoms with van der Waals surface area (Å²) < 4.78 is 0. The highest BCUT2D eigenvalue weighted by Gasteiger charge is 2.37. The molecule has 2 heterocycles. The van der Waals surface area contributed by atoms with Crippen LogP contribution in [0.15, 0.2) is 6.07 Å². The molecule has 1 fully saturated rings. The molecule has 1 aromatic rings. The van der Waals surface area contributed by atoms with E-state index in [4.69, 9.17) is 23.2 Å². The van der Waals surface area contributed by atoms with Crippen LogP contribution in [0.1, 0.15) is 32.6 Å². The Kier molecular flexibility index (Phi) is 4.30. The summed E-state index contributed by atoms with van der Waals surface area (Å²) in [4.78, 5) is 10.2. The van der Waals surface area contributed by atoms with Crippen molar-refractivity contribution in [1.82, 2.24) is 9.97 Å². The zero-order chi connectivity index (χ0) is 13.2. The van der Waals surface area contributed by atoms with Crippen LogP contribution in [0.5, 0.6) is 0 Å². The average Bonchev–Trinajstić information content (AvgIpc) is 2.37. The minimum absolute atomic E-state index is 0.114. The molecule has 1 unspecified atom stereocenters. The van der Waals surface area contributed by atoms with E-state index in [-0.39, 0.29) is 17.4 Å². The van der Waals surface area contributed by atoms with Gasteiger partial charge >= 0.3 is 0 Å². The number of aliphatic hydroxyl groups excluding tert-OH is 1. The Morgan fingerprint density at radius 3 is 2.78 bits per heavy atom. The lowest BCUT2D eigenvalue weighted by molar-refractivity contribution is 0.155. The molecule has 0 aliphatic carbocycles. The van der Waals surface area contributed by atoms with Gasteiger partial charge in [0.2, 0.25) is 5.28 Å². The number of anilines is 1. The number of hydrogen-bond acceptors (Lipinski definition) is 4. The van der Waals surface area contributed by atoms with Crippen molar-refractivity contribution in [2.75, 3.05) is 18.1 Å². The van der Waals surface area contributed by atoms with Crippen molar-refractivity contribution in [1.29, 1.82) is 0 Å². The van der Waals surface area contributed by atoms with Crippen molar-refractivity contribution in [3.05, 3.63) is 16.5 Å². The summed E-state index contributed by atoms with van der Waals surface area (Å²) in [5, 5.41) is 10.2. The second kappa shape index (κ2) is 5.59. The number of aromatic nitrogens is 2. The van der Waals surface area contributed by atoms with Crippen LogP contribution in [-0.2, 0) is 0 Å². The summed E-state index contributed by atoms with van der Waals surface area (Å²) in [5.41, 5.74) is -0.251. The lowest BCUT2D eigenvalue weighted by Gasteiger charge is -2.46. The molecule has 1 aliphatic rings. The van der Waals surface area contributed by atoms with Crippen LogP contribution in [0.3, 0.4) is 0 Å². The van der Waals surface area contributed by atoms with Gasteiger partial charge in [-0.1, -0.05) is 18.5 Å². The Bertz CT molecular complexity index is 404. The Morgan fingerprint density at radius 1 is 1.39 bits per heavy atom. The summed E-state index contributed by atoms with van der Waals surface area (Å²) in [6, 6.07) is 1.71. The molecule has 1 N–H and O–H groups in total. The van der Waals surface area contributed by atoms with Crippen molar-refractivity contribution in [3.63, 3.8) is 0 Å². The van der Waals surface area contributed by atoms with Crippen LogP contribution < -0.4 is 4.90 Å². The van der Waals surface area contributed by atoms with Gasteiger partial charge in [-0.05, 0) is 37.3 Å². The van der Waals surface area contributed by atoms with Gasteiger partial charge in [-0.2, -0.15) is 0 Å². The molecule has 0 radical (unpaired) electrons. The van der Waals surface area contributed by atoms with E-state index in [1.165, 1.54) is 0 Å². The zero-order valence-corrected chi connectivity index (χ0v) is 11.9. The van der Waals surface area contributed by atoms with Gasteiger partial charge in [-0.25, -0.2) is 9.97 Å². The highest BCUT2D eigenvalue weighted by Crippen LogP contribution is 2.35. The summed E-state index contributed by atoms with van der Waals surface area (Å²) in [6.45, 7) is 3.06. The van der Waals surface area contributed by atoms with Gasteiger partial charge in [0.1, 0.15) is 11.0 Å². The fourth-order valence-corrected chi connectivity index (χ4v) is 3.01. The Hall–Kier alpha value is -0.580. The third kappa shape index (κ3) is 2.56. The highest BCUT2D eigenvalue weighted by atomic mass is 35.5. The Morgan fingerprint density at radius 2 is 2.17 bits per heavy atom. The molecule has 6 heteroatoms. The van der Waals surface area contributed by atoms with Crippen molar-refractivity contribution in [2.24, 2.45) is 0 Å². The molecular formula is C12H17Cl2N3O. The maximum Gasteiger partial charge on any atom is 0.225 e. The average molecular weight is 290 g/mol. The van der Waals surface area contributed by atoms with Crippen molar-refractivity contribution >= 4 is 29.0 Å². The Labute approximate surface area is 117 Å². The van der Waals surface area contributed by atoms with Crippen LogP contribution in [0.2, 0.25) is 10.4 Å². The minimum Gasteiger partial charge on any atom is -0.394 e. The molecule has 0 amide bonds. The zero-order valence-electron chi connectivity index (χ0n) is 10.4. The van der Waals surface area contributed by atoms with Gasteiger partial charge in [0.05, 0.1) is 12.1 Å². The van der Waals surface area contributed by atoms with Crippen LogP contribution in [0.25, 0.3) is 0 Å². The summed E-state index contributed by atoms with van der Waals surface area (Å²) in [5.74, 6) is 0.704. The highest BCUT2D eigenvalue weighted by molar-refractivity contribution is 6.32. The predicted octanol–water partition coefficient (Wildman–Crippen LogP) is 2.91. The van der Waals surface area contributed by atoms with Crippen molar-refractivity contribution in [3.8, 4) is 0 Å². The number of nitrogens with zero attached hydrogens (tertiary/aromatic N) is 3. The summed E-state index contributed by atoms with van der Waals surface area (Å²) in [7, 11) is 0. The summed E-state index contributed by atoms with van der Waals surface area (Å²) in [6.07, 6.45) is 4.03. The van der Waals surface area contributed by atoms with Crippen LogP contribution in [0.4, 0.5) is 5.82 Å². The van der Waals surface area contributed by atoms with E-state index in [0.29, 0.717) is 11.0 Å². The number of aliphatic hydroxyl groups is 1. The number of halogens is 2. The van der Waals surface area contributed by atoms with E-state index in [0.717, 1.165) is 32.2 Å². The van der Waals surface area contributed by atoms with Crippen LogP contribution in [0, 0.1) is 0 Å². The van der Waals surface area contributed by atoms with Gasteiger partial charge < -0.3 is 10.0 Å². The van der Waals surface area contributed by atoms with E-state index >= 15 is 0 Å². The molecule has 100 valence electrons. The van der Waals surface area contributed by atoms with Gasteiger partial charge in [0.25, 0.3) is 0 Å². The molecule has 1 atom stereocenters. The van der Waals surface area contributed by atoms with Crippen LogP contribution >= 0.6 is 23.2 Å². The van der Waals surface area contributed by atoms with Gasteiger partial charge in [-0.15, -0.1) is 0 Å². The largest absolute Gasteiger partial charge is 0.394 e. The van der Waals surface area contributed by atoms with Gasteiger partial charge in [0.15, 0.2) is 0 Å². The lowest BCUT2D eigenvalue weighted by atomic mass is 9.85. The maximum atomic E-state index is 9.76. The van der Waals surface area contributed by atoms with Gasteiger partial charge in [-0.3, -0.25) is 0 Å². The fraction of sp³-hybridized carbons (Fsp3) is 0.667. The van der Waals surface area contributed by atoms with Crippen molar-refractivity contribution in [2.45, 2.75) is 38.1 Å². The number of rotatable bonds is 3. The Balaban J connectivity index is 2.39. The SMILES string of the molecule is CCC1(CO)CCCCN1c1cc(Cl)nc(Cl)n1. The van der Waals surface area contributed by atoms with E-state index in [2.05, 4.69) is 21.8 Å². The molecule has 4 nitrogen and oxygen atoms in total. The minimum atomic E-state index is -0.251. The molecule has 0 saturated carbocycles. The molecule has 1 saturated heterocycles. The first-order chi connectivity index (χ1) is 8.61. The second-order valence-corrected chi connectivity index (χ2v) is 5.39. The second-order valence-electron chi connectivity index (χ2n) is 4.66. The normalized spacial score (nSPS) is 24.3. The van der Waals surface area contributed by atoms with Crippen LogP contribution in [-0.4, -0.2) is 33.8 Å². The first-order valence-corrected chi connectivity index (χ1v) is 6.95. The fourth-order valence-electron chi connectivity index (χ4n) is 2.61. The monoisotopic (exact) mass is 289 g/mol. The quantitative estimate of drug-likeness (QED) is 0.687. The first-order valence-electron chi connectivity index (χ1n) is 6.20. The number of hydrogen-bond donors (Lipinski definition) is 1. The molecule has 2 rings (SSSR count). The lowest BCUT2D eigenvalue weighted by Crippen LogP contribution is -2.54. The van der Waals surface area contributed by atoms with E-state index < -0.39 is 0 Å². The van der Waals surface area contributed by atoms with Crippen molar-refractivity contribution < 1.29 is 5.11 Å². The maximum absolute atomic E-state index is 9.76. The molecule has 1 aliphatic heterocycles. The predicted molar refractivity (Wildman–Crippen MR) is 73.4 cm³/mol. The number of piperidine rings is 1. The standard InChI is InChI=1S/C12H17Cl2N3O/c1-2-12(8-18)5-3-4-6-17(12)10-7-9(13)15-11(14)16-10/h7,18H,2-6,8H2,1H3. The van der Waals surface area contributed by atoms with E-state index in [1.807, 2.05) is 0 Å². The molecule has 18 heavy (non-hydrogen) atoms. The molecular weight excluding hydrogens is 273 g/mol. The molecule has 0 bridgehead atoms. The smallest absolute Gasteiger partial charge is 0.225 e.